The summed E-state index contributed by atoms with van der Waals surface area (Å²) in [5.74, 6) is -2.93. The maximum atomic E-state index is 10.4. The monoisotopic (exact) mass is 246 g/mol. The number of esters is 1. The van der Waals surface area contributed by atoms with Crippen LogP contribution in [0.3, 0.4) is 0 Å². The molecule has 3 N–H and O–H groups in total. The fourth-order valence-electron chi connectivity index (χ4n) is 0.334. The molecule has 0 aliphatic rings. The van der Waals surface area contributed by atoms with Crippen molar-refractivity contribution in [2.75, 3.05) is 13.2 Å². The van der Waals surface area contributed by atoms with Crippen molar-refractivity contribution in [1.29, 1.82) is 0 Å². The third-order valence-corrected chi connectivity index (χ3v) is 1.06. The van der Waals surface area contributed by atoms with E-state index in [-0.39, 0.29) is 18.8 Å². The summed E-state index contributed by atoms with van der Waals surface area (Å²) < 4.78 is 4.30. The SMILES string of the molecule is C=C(C)C(=O)O.O=C(O)/C=C\C(=O)OCCO. The molecule has 0 bridgehead atoms. The van der Waals surface area contributed by atoms with Gasteiger partial charge < -0.3 is 20.1 Å². The van der Waals surface area contributed by atoms with Gasteiger partial charge in [0.15, 0.2) is 0 Å². The number of aliphatic hydroxyl groups excluding tert-OH is 1. The molecule has 0 spiro atoms. The zero-order chi connectivity index (χ0) is 13.8. The molecule has 0 saturated carbocycles. The van der Waals surface area contributed by atoms with Crippen LogP contribution in [0.4, 0.5) is 0 Å². The van der Waals surface area contributed by atoms with E-state index in [1.807, 2.05) is 0 Å². The number of hydrogen-bond acceptors (Lipinski definition) is 5. The minimum absolute atomic E-state index is 0.122. The summed E-state index contributed by atoms with van der Waals surface area (Å²) in [5, 5.41) is 24.1. The first-order chi connectivity index (χ1) is 7.81. The van der Waals surface area contributed by atoms with Gasteiger partial charge in [-0.05, 0) is 6.92 Å². The lowest BCUT2D eigenvalue weighted by Crippen LogP contribution is -2.05. The van der Waals surface area contributed by atoms with Gasteiger partial charge in [-0.1, -0.05) is 6.58 Å². The van der Waals surface area contributed by atoms with Crippen LogP contribution < -0.4 is 0 Å². The number of aliphatic hydroxyl groups is 1. The molecule has 0 aromatic carbocycles. The van der Waals surface area contributed by atoms with E-state index >= 15 is 0 Å². The van der Waals surface area contributed by atoms with Gasteiger partial charge in [-0.2, -0.15) is 0 Å². The van der Waals surface area contributed by atoms with Gasteiger partial charge >= 0.3 is 17.9 Å². The molecule has 0 aromatic rings. The molecule has 0 aliphatic heterocycles. The number of ether oxygens (including phenoxy) is 1. The minimum atomic E-state index is -1.22. The van der Waals surface area contributed by atoms with E-state index in [1.54, 1.807) is 0 Å². The van der Waals surface area contributed by atoms with E-state index in [9.17, 15) is 14.4 Å². The highest BCUT2D eigenvalue weighted by atomic mass is 16.5. The summed E-state index contributed by atoms with van der Waals surface area (Å²) >= 11 is 0. The zero-order valence-electron chi connectivity index (χ0n) is 9.25. The van der Waals surface area contributed by atoms with E-state index < -0.39 is 17.9 Å². The number of carbonyl (C=O) groups excluding carboxylic acids is 1. The minimum Gasteiger partial charge on any atom is -0.478 e. The molecular weight excluding hydrogens is 232 g/mol. The highest BCUT2D eigenvalue weighted by molar-refractivity contribution is 5.90. The van der Waals surface area contributed by atoms with Gasteiger partial charge in [0.2, 0.25) is 0 Å². The Labute approximate surface area is 97.6 Å². The second kappa shape index (κ2) is 10.4. The van der Waals surface area contributed by atoms with E-state index in [0.717, 1.165) is 6.08 Å². The third-order valence-electron chi connectivity index (χ3n) is 1.06. The fraction of sp³-hybridized carbons (Fsp3) is 0.300. The van der Waals surface area contributed by atoms with Crippen molar-refractivity contribution in [2.24, 2.45) is 0 Å². The highest BCUT2D eigenvalue weighted by Gasteiger charge is 1.95. The van der Waals surface area contributed by atoms with Crippen molar-refractivity contribution < 1.29 is 34.4 Å². The first-order valence-corrected chi connectivity index (χ1v) is 4.38. The van der Waals surface area contributed by atoms with E-state index in [1.165, 1.54) is 6.92 Å². The lowest BCUT2D eigenvalue weighted by molar-refractivity contribution is -0.139. The molecule has 7 heteroatoms. The quantitative estimate of drug-likeness (QED) is 0.454. The Balaban J connectivity index is 0. The molecular formula is C10H14O7. The topological polar surface area (TPSA) is 121 Å². The number of carboxylic acids is 2. The molecule has 7 nitrogen and oxygen atoms in total. The molecule has 0 amide bonds. The standard InChI is InChI=1S/C6H8O5.C4H6O2/c7-3-4-11-6(10)2-1-5(8)9;1-3(2)4(5)6/h1-2,7H,3-4H2,(H,8,9);1H2,2H3,(H,5,6)/b2-1-;. The Morgan fingerprint density at radius 3 is 2.00 bits per heavy atom. The van der Waals surface area contributed by atoms with Crippen molar-refractivity contribution in [3.8, 4) is 0 Å². The molecule has 96 valence electrons. The maximum absolute atomic E-state index is 10.4. The summed E-state index contributed by atoms with van der Waals surface area (Å²) in [7, 11) is 0. The van der Waals surface area contributed by atoms with E-state index in [4.69, 9.17) is 15.3 Å². The van der Waals surface area contributed by atoms with Crippen molar-refractivity contribution >= 4 is 17.9 Å². The van der Waals surface area contributed by atoms with Gasteiger partial charge in [0.1, 0.15) is 6.61 Å². The molecule has 0 radical (unpaired) electrons. The molecule has 0 unspecified atom stereocenters. The molecule has 0 rings (SSSR count). The lowest BCUT2D eigenvalue weighted by Gasteiger charge is -1.95. The number of carboxylic acid groups (broad SMARTS) is 2. The number of carbonyl (C=O) groups is 3. The number of hydrogen-bond donors (Lipinski definition) is 3. The second-order valence-corrected chi connectivity index (χ2v) is 2.65. The Morgan fingerprint density at radius 1 is 1.24 bits per heavy atom. The first-order valence-electron chi connectivity index (χ1n) is 4.38. The van der Waals surface area contributed by atoms with Crippen molar-refractivity contribution in [3.05, 3.63) is 24.3 Å². The van der Waals surface area contributed by atoms with Crippen LogP contribution in [-0.4, -0.2) is 46.4 Å². The van der Waals surface area contributed by atoms with Crippen molar-refractivity contribution in [1.82, 2.24) is 0 Å². The van der Waals surface area contributed by atoms with Crippen LogP contribution in [0.2, 0.25) is 0 Å². The second-order valence-electron chi connectivity index (χ2n) is 2.65. The Kier molecular flexibility index (Phi) is 10.5. The fourth-order valence-corrected chi connectivity index (χ4v) is 0.334. The van der Waals surface area contributed by atoms with Gasteiger partial charge in [-0.15, -0.1) is 0 Å². The molecule has 0 saturated heterocycles. The summed E-state index contributed by atoms with van der Waals surface area (Å²) in [6.07, 6.45) is 1.44. The van der Waals surface area contributed by atoms with Gasteiger partial charge in [-0.3, -0.25) is 0 Å². The predicted octanol–water partition coefficient (Wildman–Crippen LogP) is -0.190. The molecule has 0 aliphatic carbocycles. The lowest BCUT2D eigenvalue weighted by atomic mass is 10.4. The Hall–Kier alpha value is -2.15. The average molecular weight is 246 g/mol. The largest absolute Gasteiger partial charge is 0.478 e. The van der Waals surface area contributed by atoms with Crippen LogP contribution in [0.25, 0.3) is 0 Å². The normalized spacial score (nSPS) is 9.06. The van der Waals surface area contributed by atoms with Crippen LogP contribution in [-0.2, 0) is 19.1 Å². The summed E-state index contributed by atoms with van der Waals surface area (Å²) in [6, 6.07) is 0. The molecule has 0 atom stereocenters. The number of aliphatic carboxylic acids is 2. The van der Waals surface area contributed by atoms with Gasteiger partial charge in [0.25, 0.3) is 0 Å². The zero-order valence-corrected chi connectivity index (χ0v) is 9.25. The summed E-state index contributed by atoms with van der Waals surface area (Å²) in [6.45, 7) is 4.21. The third kappa shape index (κ3) is 16.5. The van der Waals surface area contributed by atoms with Gasteiger partial charge in [0.05, 0.1) is 6.61 Å². The molecule has 0 aromatic heterocycles. The van der Waals surface area contributed by atoms with E-state index in [0.29, 0.717) is 6.08 Å². The van der Waals surface area contributed by atoms with Crippen molar-refractivity contribution in [2.45, 2.75) is 6.92 Å². The highest BCUT2D eigenvalue weighted by Crippen LogP contribution is 1.81. The molecule has 0 fully saturated rings. The first kappa shape index (κ1) is 17.3. The molecule has 0 heterocycles. The average Bonchev–Trinajstić information content (AvgIpc) is 2.24. The van der Waals surface area contributed by atoms with Crippen LogP contribution in [0.15, 0.2) is 24.3 Å². The smallest absolute Gasteiger partial charge is 0.331 e. The summed E-state index contributed by atoms with van der Waals surface area (Å²) in [4.78, 5) is 29.9. The van der Waals surface area contributed by atoms with Gasteiger partial charge in [0, 0.05) is 17.7 Å². The summed E-state index contributed by atoms with van der Waals surface area (Å²) in [5.41, 5.74) is 0.176. The van der Waals surface area contributed by atoms with Crippen molar-refractivity contribution in [3.63, 3.8) is 0 Å². The van der Waals surface area contributed by atoms with Crippen LogP contribution in [0.5, 0.6) is 0 Å². The van der Waals surface area contributed by atoms with Crippen LogP contribution in [0.1, 0.15) is 6.92 Å². The van der Waals surface area contributed by atoms with Gasteiger partial charge in [-0.25, -0.2) is 14.4 Å². The van der Waals surface area contributed by atoms with E-state index in [2.05, 4.69) is 11.3 Å². The van der Waals surface area contributed by atoms with Crippen LogP contribution in [0, 0.1) is 0 Å². The Bertz CT molecular complexity index is 305. The maximum Gasteiger partial charge on any atom is 0.331 e. The van der Waals surface area contributed by atoms with Crippen LogP contribution >= 0.6 is 0 Å². The Morgan fingerprint density at radius 2 is 1.71 bits per heavy atom. The number of rotatable bonds is 5. The predicted molar refractivity (Wildman–Crippen MR) is 57.3 cm³/mol. The molecule has 17 heavy (non-hydrogen) atoms.